The number of amides is 3. The second-order valence-corrected chi connectivity index (χ2v) is 3.65. The molecule has 1 aromatic carbocycles. The van der Waals surface area contributed by atoms with Crippen molar-refractivity contribution in [2.24, 2.45) is 0 Å². The van der Waals surface area contributed by atoms with Crippen LogP contribution in [0.4, 0.5) is 13.6 Å². The molecule has 0 spiro atoms. The predicted molar refractivity (Wildman–Crippen MR) is 55.0 cm³/mol. The van der Waals surface area contributed by atoms with Gasteiger partial charge in [0, 0.05) is 5.56 Å². The first-order valence-corrected chi connectivity index (χ1v) is 4.99. The third-order valence-corrected chi connectivity index (χ3v) is 2.55. The average molecular weight is 251 g/mol. The van der Waals surface area contributed by atoms with Gasteiger partial charge in [0.2, 0.25) is 5.91 Å². The largest absolute Gasteiger partial charge is 0.329 e. The van der Waals surface area contributed by atoms with Crippen LogP contribution in [0.3, 0.4) is 0 Å². The van der Waals surface area contributed by atoms with Crippen LogP contribution in [0.25, 0.3) is 0 Å². The highest BCUT2D eigenvalue weighted by Crippen LogP contribution is 2.18. The van der Waals surface area contributed by atoms with Crippen LogP contribution in [0.15, 0.2) is 12.1 Å². The van der Waals surface area contributed by atoms with Crippen LogP contribution in [0.2, 0.25) is 0 Å². The van der Waals surface area contributed by atoms with Crippen LogP contribution >= 0.6 is 0 Å². The number of nitrogens with one attached hydrogen (secondary N) is 1. The molecular formula is C11H7F2N3O2. The van der Waals surface area contributed by atoms with E-state index in [1.54, 1.807) is 0 Å². The number of nitrogens with zero attached hydrogens (tertiary/aromatic N) is 2. The minimum Gasteiger partial charge on any atom is -0.329 e. The molecule has 1 saturated heterocycles. The van der Waals surface area contributed by atoms with E-state index in [0.29, 0.717) is 0 Å². The lowest BCUT2D eigenvalue weighted by Crippen LogP contribution is -2.30. The van der Waals surface area contributed by atoms with Crippen molar-refractivity contribution < 1.29 is 18.4 Å². The molecular weight excluding hydrogens is 244 g/mol. The van der Waals surface area contributed by atoms with E-state index in [1.165, 1.54) is 12.1 Å². The molecule has 0 unspecified atom stereocenters. The lowest BCUT2D eigenvalue weighted by atomic mass is 10.1. The number of rotatable bonds is 2. The summed E-state index contributed by atoms with van der Waals surface area (Å²) in [6.45, 7) is -0.516. The van der Waals surface area contributed by atoms with Crippen LogP contribution in [-0.2, 0) is 11.3 Å². The van der Waals surface area contributed by atoms with E-state index in [-0.39, 0.29) is 18.7 Å². The average Bonchev–Trinajstić information content (AvgIpc) is 2.67. The van der Waals surface area contributed by atoms with E-state index in [0.717, 1.165) is 11.0 Å². The van der Waals surface area contributed by atoms with Gasteiger partial charge >= 0.3 is 6.03 Å². The highest BCUT2D eigenvalue weighted by atomic mass is 19.2. The van der Waals surface area contributed by atoms with E-state index in [9.17, 15) is 18.4 Å². The lowest BCUT2D eigenvalue weighted by molar-refractivity contribution is -0.125. The van der Waals surface area contributed by atoms with E-state index >= 15 is 0 Å². The molecule has 1 aliphatic rings. The molecule has 0 bridgehead atoms. The van der Waals surface area contributed by atoms with E-state index in [2.05, 4.69) is 5.32 Å². The van der Waals surface area contributed by atoms with Crippen molar-refractivity contribution in [3.8, 4) is 6.07 Å². The number of carbonyl (C=O) groups excluding carboxylic acids is 2. The second-order valence-electron chi connectivity index (χ2n) is 3.65. The highest BCUT2D eigenvalue weighted by molar-refractivity contribution is 6.01. The monoisotopic (exact) mass is 251 g/mol. The Morgan fingerprint density at radius 3 is 2.61 bits per heavy atom. The Bertz CT molecular complexity index is 564. The first-order valence-electron chi connectivity index (χ1n) is 4.99. The van der Waals surface area contributed by atoms with Crippen LogP contribution in [0.1, 0.15) is 11.1 Å². The maximum absolute atomic E-state index is 13.6. The molecule has 0 aromatic heterocycles. The van der Waals surface area contributed by atoms with Gasteiger partial charge in [0.1, 0.15) is 6.07 Å². The van der Waals surface area contributed by atoms with Gasteiger partial charge in [0.05, 0.1) is 18.7 Å². The molecule has 18 heavy (non-hydrogen) atoms. The summed E-state index contributed by atoms with van der Waals surface area (Å²) in [5.74, 6) is -3.01. The topological polar surface area (TPSA) is 73.2 Å². The van der Waals surface area contributed by atoms with Gasteiger partial charge in [-0.15, -0.1) is 0 Å². The predicted octanol–water partition coefficient (Wildman–Crippen LogP) is 0.888. The summed E-state index contributed by atoms with van der Waals surface area (Å²) in [5, 5.41) is 10.8. The molecule has 0 atom stereocenters. The lowest BCUT2D eigenvalue weighted by Gasteiger charge is -2.13. The zero-order valence-electron chi connectivity index (χ0n) is 9.04. The first kappa shape index (κ1) is 12.0. The SMILES string of the molecule is N#Cc1ccc(CN2C(=O)CNC2=O)c(F)c1F. The van der Waals surface area contributed by atoms with Gasteiger partial charge in [0.15, 0.2) is 11.6 Å². The van der Waals surface area contributed by atoms with E-state index in [4.69, 9.17) is 5.26 Å². The Morgan fingerprint density at radius 1 is 1.33 bits per heavy atom. The normalized spacial score (nSPS) is 14.6. The molecule has 1 fully saturated rings. The summed E-state index contributed by atoms with van der Waals surface area (Å²) in [6, 6.07) is 3.13. The zero-order valence-corrected chi connectivity index (χ0v) is 9.04. The number of urea groups is 1. The molecule has 92 valence electrons. The van der Waals surface area contributed by atoms with Crippen molar-refractivity contribution in [2.45, 2.75) is 6.54 Å². The highest BCUT2D eigenvalue weighted by Gasteiger charge is 2.29. The summed E-state index contributed by atoms with van der Waals surface area (Å²) < 4.78 is 26.9. The zero-order chi connectivity index (χ0) is 13.3. The second kappa shape index (κ2) is 4.41. The number of imide groups is 1. The molecule has 1 aromatic rings. The Labute approximate surface area is 101 Å². The Balaban J connectivity index is 2.31. The maximum atomic E-state index is 13.6. The molecule has 5 nitrogen and oxygen atoms in total. The quantitative estimate of drug-likeness (QED) is 0.793. The molecule has 0 radical (unpaired) electrons. The van der Waals surface area contributed by atoms with E-state index < -0.39 is 29.1 Å². The minimum absolute atomic E-state index is 0.154. The maximum Gasteiger partial charge on any atom is 0.324 e. The third kappa shape index (κ3) is 1.88. The van der Waals surface area contributed by atoms with Crippen molar-refractivity contribution in [3.63, 3.8) is 0 Å². The van der Waals surface area contributed by atoms with Gasteiger partial charge in [-0.3, -0.25) is 9.69 Å². The summed E-state index contributed by atoms with van der Waals surface area (Å²) in [5.41, 5.74) is -0.578. The molecule has 0 aliphatic carbocycles. The number of carbonyl (C=O) groups is 2. The molecule has 1 aliphatic heterocycles. The fraction of sp³-hybridized carbons (Fsp3) is 0.182. The van der Waals surface area contributed by atoms with Crippen LogP contribution in [0.5, 0.6) is 0 Å². The fourth-order valence-electron chi connectivity index (χ4n) is 1.58. The molecule has 2 rings (SSSR count). The Kier molecular flexibility index (Phi) is 2.93. The molecule has 1 heterocycles. The third-order valence-electron chi connectivity index (χ3n) is 2.55. The van der Waals surface area contributed by atoms with Gasteiger partial charge in [-0.1, -0.05) is 6.07 Å². The van der Waals surface area contributed by atoms with Gasteiger partial charge in [0.25, 0.3) is 0 Å². The summed E-state index contributed by atoms with van der Waals surface area (Å²) in [7, 11) is 0. The smallest absolute Gasteiger partial charge is 0.324 e. The van der Waals surface area contributed by atoms with Gasteiger partial charge < -0.3 is 5.32 Å². The number of hydrogen-bond donors (Lipinski definition) is 1. The summed E-state index contributed by atoms with van der Waals surface area (Å²) in [4.78, 5) is 23.3. The molecule has 3 amide bonds. The van der Waals surface area contributed by atoms with Gasteiger partial charge in [-0.2, -0.15) is 5.26 Å². The number of hydrogen-bond acceptors (Lipinski definition) is 3. The van der Waals surface area contributed by atoms with Crippen molar-refractivity contribution in [3.05, 3.63) is 34.9 Å². The molecule has 0 saturated carbocycles. The first-order chi connectivity index (χ1) is 8.54. The number of benzene rings is 1. The minimum atomic E-state index is -1.28. The van der Waals surface area contributed by atoms with E-state index in [1.807, 2.05) is 0 Å². The molecule has 7 heteroatoms. The van der Waals surface area contributed by atoms with Gasteiger partial charge in [-0.25, -0.2) is 13.6 Å². The standard InChI is InChI=1S/C11H7F2N3O2/c12-9-6(3-14)1-2-7(10(9)13)5-16-8(17)4-15-11(16)18/h1-2H,4-5H2,(H,15,18). The van der Waals surface area contributed by atoms with Gasteiger partial charge in [-0.05, 0) is 6.07 Å². The van der Waals surface area contributed by atoms with Crippen LogP contribution < -0.4 is 5.32 Å². The van der Waals surface area contributed by atoms with Crippen molar-refractivity contribution in [1.29, 1.82) is 5.26 Å². The van der Waals surface area contributed by atoms with Crippen molar-refractivity contribution in [2.75, 3.05) is 6.54 Å². The summed E-state index contributed by atoms with van der Waals surface area (Å²) in [6.07, 6.45) is 0. The number of halogens is 2. The van der Waals surface area contributed by atoms with Crippen molar-refractivity contribution >= 4 is 11.9 Å². The van der Waals surface area contributed by atoms with Crippen LogP contribution in [-0.4, -0.2) is 23.4 Å². The van der Waals surface area contributed by atoms with Crippen molar-refractivity contribution in [1.82, 2.24) is 10.2 Å². The summed E-state index contributed by atoms with van der Waals surface area (Å²) >= 11 is 0. The van der Waals surface area contributed by atoms with Crippen LogP contribution in [0, 0.1) is 23.0 Å². The Morgan fingerprint density at radius 2 is 2.06 bits per heavy atom. The number of nitriles is 1. The molecule has 1 N–H and O–H groups in total. The fourth-order valence-corrected chi connectivity index (χ4v) is 1.58. The Hall–Kier alpha value is -2.49.